The number of fused-ring (bicyclic) bond motifs is 1. The third kappa shape index (κ3) is 3.85. The number of hydrogen-bond acceptors (Lipinski definition) is 3. The average molecular weight is 307 g/mol. The van der Waals surface area contributed by atoms with Gasteiger partial charge in [0.15, 0.2) is 0 Å². The van der Waals surface area contributed by atoms with Gasteiger partial charge in [-0.3, -0.25) is 0 Å². The zero-order valence-electron chi connectivity index (χ0n) is 11.5. The van der Waals surface area contributed by atoms with E-state index in [0.29, 0.717) is 6.61 Å². The SMILES string of the molecule is CNC(COCC(F)(F)C(F)F)c1ccc2c(c1)CCO2. The zero-order valence-corrected chi connectivity index (χ0v) is 11.5. The molecule has 7 heteroatoms. The quantitative estimate of drug-likeness (QED) is 0.786. The van der Waals surface area contributed by atoms with Crippen molar-refractivity contribution < 1.29 is 27.0 Å². The highest BCUT2D eigenvalue weighted by atomic mass is 19.3. The Kier molecular flexibility index (Phi) is 5.05. The van der Waals surface area contributed by atoms with E-state index in [1.807, 2.05) is 12.1 Å². The van der Waals surface area contributed by atoms with Crippen LogP contribution in [0.5, 0.6) is 5.75 Å². The summed E-state index contributed by atoms with van der Waals surface area (Å²) >= 11 is 0. The minimum Gasteiger partial charge on any atom is -0.493 e. The van der Waals surface area contributed by atoms with Crippen LogP contribution in [0.3, 0.4) is 0 Å². The first-order valence-corrected chi connectivity index (χ1v) is 6.60. The molecule has 0 spiro atoms. The minimum absolute atomic E-state index is 0.113. The molecule has 0 aromatic heterocycles. The Morgan fingerprint density at radius 3 is 2.81 bits per heavy atom. The molecule has 1 aliphatic heterocycles. The first-order chi connectivity index (χ1) is 9.94. The standard InChI is InChI=1S/C14H17F4NO2/c1-19-11(7-20-8-14(17,18)13(15)16)9-2-3-12-10(6-9)4-5-21-12/h2-3,6,11,13,19H,4-5,7-8H2,1H3. The van der Waals surface area contributed by atoms with Crippen LogP contribution in [0.1, 0.15) is 17.2 Å². The lowest BCUT2D eigenvalue weighted by atomic mass is 10.0. The molecule has 1 aromatic rings. The smallest absolute Gasteiger partial charge is 0.330 e. The predicted octanol–water partition coefficient (Wildman–Crippen LogP) is 2.80. The topological polar surface area (TPSA) is 30.5 Å². The third-order valence-corrected chi connectivity index (χ3v) is 3.36. The number of rotatable bonds is 7. The van der Waals surface area contributed by atoms with Crippen molar-refractivity contribution in [3.63, 3.8) is 0 Å². The number of nitrogens with one attached hydrogen (secondary N) is 1. The maximum Gasteiger partial charge on any atom is 0.330 e. The second-order valence-electron chi connectivity index (χ2n) is 4.88. The van der Waals surface area contributed by atoms with E-state index in [1.165, 1.54) is 0 Å². The van der Waals surface area contributed by atoms with E-state index >= 15 is 0 Å². The van der Waals surface area contributed by atoms with Crippen LogP contribution >= 0.6 is 0 Å². The lowest BCUT2D eigenvalue weighted by Crippen LogP contribution is -2.34. The fourth-order valence-corrected chi connectivity index (χ4v) is 2.15. The van der Waals surface area contributed by atoms with Gasteiger partial charge in [0.2, 0.25) is 0 Å². The molecule has 0 radical (unpaired) electrons. The van der Waals surface area contributed by atoms with Gasteiger partial charge in [0.25, 0.3) is 0 Å². The van der Waals surface area contributed by atoms with Crippen LogP contribution in [0.4, 0.5) is 17.6 Å². The average Bonchev–Trinajstić information content (AvgIpc) is 2.90. The van der Waals surface area contributed by atoms with Crippen LogP contribution in [0.2, 0.25) is 0 Å². The van der Waals surface area contributed by atoms with Gasteiger partial charge in [-0.1, -0.05) is 12.1 Å². The second kappa shape index (κ2) is 6.62. The minimum atomic E-state index is -4.12. The summed E-state index contributed by atoms with van der Waals surface area (Å²) in [5.74, 6) is -3.30. The molecule has 1 aliphatic rings. The number of alkyl halides is 4. The number of halogens is 4. The van der Waals surface area contributed by atoms with Gasteiger partial charge in [0.1, 0.15) is 12.4 Å². The van der Waals surface area contributed by atoms with E-state index in [9.17, 15) is 17.6 Å². The molecule has 3 nitrogen and oxygen atoms in total. The van der Waals surface area contributed by atoms with Gasteiger partial charge in [-0.25, -0.2) is 8.78 Å². The predicted molar refractivity (Wildman–Crippen MR) is 69.2 cm³/mol. The van der Waals surface area contributed by atoms with Crippen LogP contribution in [-0.4, -0.2) is 39.2 Å². The molecule has 0 saturated heterocycles. The van der Waals surface area contributed by atoms with Gasteiger partial charge in [-0.2, -0.15) is 8.78 Å². The Morgan fingerprint density at radius 2 is 2.14 bits per heavy atom. The summed E-state index contributed by atoms with van der Waals surface area (Å²) in [6, 6.07) is 5.19. The zero-order chi connectivity index (χ0) is 15.5. The van der Waals surface area contributed by atoms with E-state index in [0.717, 1.165) is 23.3 Å². The van der Waals surface area contributed by atoms with Crippen LogP contribution in [-0.2, 0) is 11.2 Å². The van der Waals surface area contributed by atoms with Crippen LogP contribution in [0.25, 0.3) is 0 Å². The third-order valence-electron chi connectivity index (χ3n) is 3.36. The number of benzene rings is 1. The van der Waals surface area contributed by atoms with Crippen molar-refractivity contribution in [2.24, 2.45) is 0 Å². The molecular weight excluding hydrogens is 290 g/mol. The van der Waals surface area contributed by atoms with Crippen LogP contribution in [0, 0.1) is 0 Å². The van der Waals surface area contributed by atoms with E-state index in [2.05, 4.69) is 5.32 Å². The Labute approximate surface area is 120 Å². The van der Waals surface area contributed by atoms with Crippen molar-refractivity contribution in [1.82, 2.24) is 5.32 Å². The van der Waals surface area contributed by atoms with E-state index in [-0.39, 0.29) is 12.6 Å². The normalized spacial score (nSPS) is 15.9. The lowest BCUT2D eigenvalue weighted by Gasteiger charge is -2.20. The van der Waals surface area contributed by atoms with Gasteiger partial charge in [-0.05, 0) is 24.2 Å². The Hall–Kier alpha value is -1.34. The molecule has 1 atom stereocenters. The lowest BCUT2D eigenvalue weighted by molar-refractivity contribution is -0.167. The molecule has 1 N–H and O–H groups in total. The molecule has 1 unspecified atom stereocenters. The fraction of sp³-hybridized carbons (Fsp3) is 0.571. The molecule has 1 heterocycles. The molecular formula is C14H17F4NO2. The molecule has 21 heavy (non-hydrogen) atoms. The monoisotopic (exact) mass is 307 g/mol. The number of ether oxygens (including phenoxy) is 2. The van der Waals surface area contributed by atoms with Crippen molar-refractivity contribution in [2.75, 3.05) is 26.9 Å². The summed E-state index contributed by atoms with van der Waals surface area (Å²) in [5, 5.41) is 2.93. The first kappa shape index (κ1) is 16.0. The molecule has 2 rings (SSSR count). The summed E-state index contributed by atoms with van der Waals surface area (Å²) < 4.78 is 59.8. The molecule has 1 aromatic carbocycles. The molecule has 0 amide bonds. The Morgan fingerprint density at radius 1 is 1.38 bits per heavy atom. The van der Waals surface area contributed by atoms with Crippen molar-refractivity contribution in [1.29, 1.82) is 0 Å². The Balaban J connectivity index is 1.94. The molecule has 0 aliphatic carbocycles. The van der Waals surface area contributed by atoms with Crippen molar-refractivity contribution in [2.45, 2.75) is 24.8 Å². The number of hydrogen-bond donors (Lipinski definition) is 1. The van der Waals surface area contributed by atoms with Crippen LogP contribution in [0.15, 0.2) is 18.2 Å². The fourth-order valence-electron chi connectivity index (χ4n) is 2.15. The van der Waals surface area contributed by atoms with E-state index in [4.69, 9.17) is 9.47 Å². The van der Waals surface area contributed by atoms with E-state index in [1.54, 1.807) is 13.1 Å². The van der Waals surface area contributed by atoms with E-state index < -0.39 is 19.0 Å². The molecule has 0 bridgehead atoms. The number of likely N-dealkylation sites (N-methyl/N-ethyl adjacent to an activating group) is 1. The summed E-state index contributed by atoms with van der Waals surface area (Å²) in [4.78, 5) is 0. The summed E-state index contributed by atoms with van der Waals surface area (Å²) in [5.41, 5.74) is 1.90. The highest BCUT2D eigenvalue weighted by molar-refractivity contribution is 5.40. The largest absolute Gasteiger partial charge is 0.493 e. The highest BCUT2D eigenvalue weighted by Crippen LogP contribution is 2.29. The van der Waals surface area contributed by atoms with Crippen LogP contribution < -0.4 is 10.1 Å². The van der Waals surface area contributed by atoms with Gasteiger partial charge >= 0.3 is 12.3 Å². The highest BCUT2D eigenvalue weighted by Gasteiger charge is 2.41. The molecule has 118 valence electrons. The molecule has 0 saturated carbocycles. The molecule has 0 fully saturated rings. The summed E-state index contributed by atoms with van der Waals surface area (Å²) in [6.07, 6.45) is -2.92. The van der Waals surface area contributed by atoms with Crippen molar-refractivity contribution in [3.05, 3.63) is 29.3 Å². The Bertz CT molecular complexity index is 482. The van der Waals surface area contributed by atoms with Crippen molar-refractivity contribution >= 4 is 0 Å². The van der Waals surface area contributed by atoms with Crippen molar-refractivity contribution in [3.8, 4) is 5.75 Å². The summed E-state index contributed by atoms with van der Waals surface area (Å²) in [6.45, 7) is -0.782. The van der Waals surface area contributed by atoms with Gasteiger partial charge in [0.05, 0.1) is 19.3 Å². The first-order valence-electron chi connectivity index (χ1n) is 6.60. The summed E-state index contributed by atoms with van der Waals surface area (Å²) in [7, 11) is 1.66. The van der Waals surface area contributed by atoms with Gasteiger partial charge in [0, 0.05) is 6.42 Å². The van der Waals surface area contributed by atoms with Gasteiger partial charge in [-0.15, -0.1) is 0 Å². The van der Waals surface area contributed by atoms with Gasteiger partial charge < -0.3 is 14.8 Å². The maximum atomic E-state index is 12.8. The maximum absolute atomic E-state index is 12.8. The second-order valence-corrected chi connectivity index (χ2v) is 4.88.